The van der Waals surface area contributed by atoms with Gasteiger partial charge >= 0.3 is 0 Å². The molecule has 0 amide bonds. The van der Waals surface area contributed by atoms with E-state index in [4.69, 9.17) is 21.1 Å². The largest absolute Gasteiger partial charge is 0.491 e. The minimum absolute atomic E-state index is 0.0862. The van der Waals surface area contributed by atoms with E-state index in [-0.39, 0.29) is 11.9 Å². The quantitative estimate of drug-likeness (QED) is 0.512. The summed E-state index contributed by atoms with van der Waals surface area (Å²) < 4.78 is 25.9. The summed E-state index contributed by atoms with van der Waals surface area (Å²) in [7, 11) is 0. The van der Waals surface area contributed by atoms with Gasteiger partial charge in [-0.05, 0) is 66.8 Å². The Bertz CT molecular complexity index is 762. The van der Waals surface area contributed by atoms with Crippen molar-refractivity contribution in [3.8, 4) is 16.9 Å². The standard InChI is InChI=1S/C21H22ClFO2/c1-14-9-18(25-13-17-5-3-4-8-24-17)10-15(2)21(14)19-11-16(12-22)6-7-20(19)23/h3-4,6-7,9-11,17H,5,8,12-13H2,1-2H3/t17-/m0/s1. The van der Waals surface area contributed by atoms with Crippen LogP contribution in [0.2, 0.25) is 0 Å². The van der Waals surface area contributed by atoms with E-state index in [1.165, 1.54) is 6.07 Å². The summed E-state index contributed by atoms with van der Waals surface area (Å²) in [6.45, 7) is 5.10. The summed E-state index contributed by atoms with van der Waals surface area (Å²) in [6, 6.07) is 8.92. The van der Waals surface area contributed by atoms with E-state index >= 15 is 0 Å². The Kier molecular flexibility index (Phi) is 5.77. The van der Waals surface area contributed by atoms with Crippen molar-refractivity contribution in [3.05, 3.63) is 65.0 Å². The lowest BCUT2D eigenvalue weighted by molar-refractivity contribution is 0.0316. The molecule has 1 aliphatic rings. The third-order valence-corrected chi connectivity index (χ3v) is 4.70. The van der Waals surface area contributed by atoms with Crippen LogP contribution < -0.4 is 4.74 Å². The molecule has 0 bridgehead atoms. The number of aryl methyl sites for hydroxylation is 2. The molecule has 132 valence electrons. The van der Waals surface area contributed by atoms with Gasteiger partial charge in [-0.15, -0.1) is 11.6 Å². The van der Waals surface area contributed by atoms with Gasteiger partial charge in [0.05, 0.1) is 12.7 Å². The smallest absolute Gasteiger partial charge is 0.131 e. The van der Waals surface area contributed by atoms with Crippen LogP contribution >= 0.6 is 11.6 Å². The number of hydrogen-bond donors (Lipinski definition) is 0. The molecule has 1 heterocycles. The van der Waals surface area contributed by atoms with Gasteiger partial charge < -0.3 is 9.47 Å². The van der Waals surface area contributed by atoms with Crippen LogP contribution in [0.1, 0.15) is 23.1 Å². The number of ether oxygens (including phenoxy) is 2. The molecule has 2 nitrogen and oxygen atoms in total. The molecule has 2 aromatic rings. The maximum Gasteiger partial charge on any atom is 0.131 e. The maximum absolute atomic E-state index is 14.3. The highest BCUT2D eigenvalue weighted by atomic mass is 35.5. The highest BCUT2D eigenvalue weighted by Crippen LogP contribution is 2.33. The molecule has 0 aliphatic carbocycles. The third kappa shape index (κ3) is 4.23. The van der Waals surface area contributed by atoms with E-state index in [0.29, 0.717) is 24.7 Å². The van der Waals surface area contributed by atoms with Crippen molar-refractivity contribution in [3.63, 3.8) is 0 Å². The summed E-state index contributed by atoms with van der Waals surface area (Å²) in [5.41, 5.74) is 4.34. The first-order valence-corrected chi connectivity index (χ1v) is 8.97. The van der Waals surface area contributed by atoms with Crippen LogP contribution in [0.3, 0.4) is 0 Å². The molecule has 1 aliphatic heterocycles. The molecule has 1 atom stereocenters. The molecule has 0 radical (unpaired) electrons. The van der Waals surface area contributed by atoms with Crippen molar-refractivity contribution in [2.24, 2.45) is 0 Å². The van der Waals surface area contributed by atoms with Crippen molar-refractivity contribution in [1.29, 1.82) is 0 Å². The molecule has 0 saturated carbocycles. The monoisotopic (exact) mass is 360 g/mol. The molecule has 3 rings (SSSR count). The lowest BCUT2D eigenvalue weighted by atomic mass is 9.94. The first kappa shape index (κ1) is 18.0. The topological polar surface area (TPSA) is 18.5 Å². The summed E-state index contributed by atoms with van der Waals surface area (Å²) in [4.78, 5) is 0. The molecular weight excluding hydrogens is 339 g/mol. The third-order valence-electron chi connectivity index (χ3n) is 4.39. The average molecular weight is 361 g/mol. The molecular formula is C21H22ClFO2. The molecule has 2 aromatic carbocycles. The van der Waals surface area contributed by atoms with Crippen molar-refractivity contribution < 1.29 is 13.9 Å². The predicted octanol–water partition coefficient (Wildman–Crippen LogP) is 5.57. The van der Waals surface area contributed by atoms with Crippen LogP contribution in [-0.2, 0) is 10.6 Å². The van der Waals surface area contributed by atoms with E-state index in [9.17, 15) is 4.39 Å². The molecule has 0 spiro atoms. The van der Waals surface area contributed by atoms with Gasteiger partial charge in [0.2, 0.25) is 0 Å². The molecule has 0 fully saturated rings. The van der Waals surface area contributed by atoms with Gasteiger partial charge in [-0.25, -0.2) is 4.39 Å². The number of rotatable bonds is 5. The van der Waals surface area contributed by atoms with Gasteiger partial charge in [-0.1, -0.05) is 18.2 Å². The molecule has 0 saturated heterocycles. The van der Waals surface area contributed by atoms with Gasteiger partial charge in [-0.2, -0.15) is 0 Å². The average Bonchev–Trinajstić information content (AvgIpc) is 2.62. The van der Waals surface area contributed by atoms with Gasteiger partial charge in [0.1, 0.15) is 18.2 Å². The minimum atomic E-state index is -0.240. The highest BCUT2D eigenvalue weighted by molar-refractivity contribution is 6.17. The van der Waals surface area contributed by atoms with Crippen molar-refractivity contribution in [2.45, 2.75) is 32.3 Å². The zero-order chi connectivity index (χ0) is 17.8. The molecule has 0 N–H and O–H groups in total. The fourth-order valence-electron chi connectivity index (χ4n) is 3.16. The second-order valence-corrected chi connectivity index (χ2v) is 6.62. The number of halogens is 2. The summed E-state index contributed by atoms with van der Waals surface area (Å²) >= 11 is 5.90. The van der Waals surface area contributed by atoms with E-state index in [0.717, 1.165) is 34.4 Å². The second kappa shape index (κ2) is 8.03. The van der Waals surface area contributed by atoms with Crippen LogP contribution in [0, 0.1) is 19.7 Å². The van der Waals surface area contributed by atoms with Crippen molar-refractivity contribution in [1.82, 2.24) is 0 Å². The van der Waals surface area contributed by atoms with Gasteiger partial charge in [0, 0.05) is 11.4 Å². The van der Waals surface area contributed by atoms with Crippen LogP contribution in [0.15, 0.2) is 42.5 Å². The highest BCUT2D eigenvalue weighted by Gasteiger charge is 2.15. The van der Waals surface area contributed by atoms with Gasteiger partial charge in [0.25, 0.3) is 0 Å². The van der Waals surface area contributed by atoms with E-state index in [2.05, 4.69) is 6.08 Å². The van der Waals surface area contributed by atoms with Gasteiger partial charge in [0.15, 0.2) is 0 Å². The molecule has 25 heavy (non-hydrogen) atoms. The minimum Gasteiger partial charge on any atom is -0.491 e. The lowest BCUT2D eigenvalue weighted by Crippen LogP contribution is -2.23. The maximum atomic E-state index is 14.3. The Labute approximate surface area is 153 Å². The fourth-order valence-corrected chi connectivity index (χ4v) is 3.33. The van der Waals surface area contributed by atoms with Crippen LogP contribution in [0.5, 0.6) is 5.75 Å². The van der Waals surface area contributed by atoms with Gasteiger partial charge in [-0.3, -0.25) is 0 Å². The Morgan fingerprint density at radius 2 is 1.92 bits per heavy atom. The van der Waals surface area contributed by atoms with E-state index in [1.807, 2.05) is 38.1 Å². The van der Waals surface area contributed by atoms with Crippen LogP contribution in [0.4, 0.5) is 4.39 Å². The molecule has 0 unspecified atom stereocenters. The Hall–Kier alpha value is -1.84. The SMILES string of the molecule is Cc1cc(OC[C@@H]2CC=CCO2)cc(C)c1-c1cc(CCl)ccc1F. The van der Waals surface area contributed by atoms with Crippen molar-refractivity contribution >= 4 is 11.6 Å². The zero-order valence-corrected chi connectivity index (χ0v) is 15.3. The molecule has 4 heteroatoms. The summed E-state index contributed by atoms with van der Waals surface area (Å²) in [5, 5.41) is 0. The Morgan fingerprint density at radius 3 is 2.56 bits per heavy atom. The lowest BCUT2D eigenvalue weighted by Gasteiger charge is -2.20. The summed E-state index contributed by atoms with van der Waals surface area (Å²) in [6.07, 6.45) is 5.09. The van der Waals surface area contributed by atoms with E-state index < -0.39 is 0 Å². The van der Waals surface area contributed by atoms with Crippen LogP contribution in [-0.4, -0.2) is 19.3 Å². The first-order valence-electron chi connectivity index (χ1n) is 8.44. The second-order valence-electron chi connectivity index (χ2n) is 6.35. The fraction of sp³-hybridized carbons (Fsp3) is 0.333. The predicted molar refractivity (Wildman–Crippen MR) is 99.9 cm³/mol. The molecule has 0 aromatic heterocycles. The zero-order valence-electron chi connectivity index (χ0n) is 14.5. The van der Waals surface area contributed by atoms with E-state index in [1.54, 1.807) is 6.07 Å². The normalized spacial score (nSPS) is 16.9. The first-order chi connectivity index (χ1) is 12.1. The Morgan fingerprint density at radius 1 is 1.16 bits per heavy atom. The summed E-state index contributed by atoms with van der Waals surface area (Å²) in [5.74, 6) is 0.907. The van der Waals surface area contributed by atoms with Crippen molar-refractivity contribution in [2.75, 3.05) is 13.2 Å². The Balaban J connectivity index is 1.84. The number of alkyl halides is 1. The number of hydrogen-bond acceptors (Lipinski definition) is 2. The van der Waals surface area contributed by atoms with Crippen LogP contribution in [0.25, 0.3) is 11.1 Å². The number of benzene rings is 2.